The second-order valence-corrected chi connectivity index (χ2v) is 17.9. The maximum absolute atomic E-state index is 5.80. The third-order valence-corrected chi connectivity index (χ3v) is 14.8. The first-order valence-electron chi connectivity index (χ1n) is 21.5. The SMILES string of the molecule is c1ccc(-n2c3ccccc3c3c4c5c6c7c(cccc7ccc6n(-c6nc7ccc8ccccc8c7nc6-c6cccc7c6sc6ccccc67)c5cc32)-c2ccccc2-4)cc1. The summed E-state index contributed by atoms with van der Waals surface area (Å²) in [5.74, 6) is 0.820. The summed E-state index contributed by atoms with van der Waals surface area (Å²) in [5, 5.41) is 12.2. The van der Waals surface area contributed by atoms with Crippen LogP contribution in [0.15, 0.2) is 194 Å². The maximum atomic E-state index is 5.80. The Bertz CT molecular complexity index is 4320. The Labute approximate surface area is 364 Å². The van der Waals surface area contributed by atoms with Gasteiger partial charge in [0, 0.05) is 63.9 Å². The summed E-state index contributed by atoms with van der Waals surface area (Å²) in [6, 6.07) is 71.0. The van der Waals surface area contributed by atoms with Crippen LogP contribution >= 0.6 is 11.3 Å². The minimum Gasteiger partial charge on any atom is -0.309 e. The summed E-state index contributed by atoms with van der Waals surface area (Å²) in [7, 11) is 0. The van der Waals surface area contributed by atoms with Gasteiger partial charge in [0.1, 0.15) is 5.69 Å². The predicted octanol–water partition coefficient (Wildman–Crippen LogP) is 15.8. The average molecular weight is 817 g/mol. The van der Waals surface area contributed by atoms with Crippen molar-refractivity contribution in [1.29, 1.82) is 0 Å². The van der Waals surface area contributed by atoms with Gasteiger partial charge in [-0.25, -0.2) is 9.97 Å². The highest BCUT2D eigenvalue weighted by Gasteiger charge is 2.31. The number of hydrogen-bond donors (Lipinski definition) is 0. The van der Waals surface area contributed by atoms with Gasteiger partial charge in [0.2, 0.25) is 0 Å². The van der Waals surface area contributed by atoms with Crippen molar-refractivity contribution in [2.75, 3.05) is 0 Å². The zero-order valence-electron chi connectivity index (χ0n) is 33.7. The molecule has 0 radical (unpaired) electrons. The number of benzene rings is 10. The van der Waals surface area contributed by atoms with Gasteiger partial charge >= 0.3 is 0 Å². The van der Waals surface area contributed by atoms with Crippen molar-refractivity contribution in [1.82, 2.24) is 19.1 Å². The van der Waals surface area contributed by atoms with E-state index < -0.39 is 0 Å². The van der Waals surface area contributed by atoms with E-state index in [0.29, 0.717) is 0 Å². The molecule has 0 saturated heterocycles. The van der Waals surface area contributed by atoms with E-state index in [2.05, 4.69) is 203 Å². The number of hydrogen-bond acceptors (Lipinski definition) is 3. The van der Waals surface area contributed by atoms with Crippen LogP contribution < -0.4 is 0 Å². The third kappa shape index (κ3) is 4.38. The summed E-state index contributed by atoms with van der Waals surface area (Å²) in [6.07, 6.45) is 0. The Morgan fingerprint density at radius 2 is 1.06 bits per heavy atom. The predicted molar refractivity (Wildman–Crippen MR) is 266 cm³/mol. The average Bonchev–Trinajstić information content (AvgIpc) is 3.98. The molecule has 1 aliphatic rings. The first kappa shape index (κ1) is 33.6. The van der Waals surface area contributed by atoms with Gasteiger partial charge in [-0.2, -0.15) is 0 Å². The Morgan fingerprint density at radius 3 is 1.98 bits per heavy atom. The van der Waals surface area contributed by atoms with Gasteiger partial charge in [0.15, 0.2) is 5.82 Å². The van der Waals surface area contributed by atoms with Crippen molar-refractivity contribution in [2.24, 2.45) is 0 Å². The third-order valence-electron chi connectivity index (χ3n) is 13.6. The highest BCUT2D eigenvalue weighted by atomic mass is 32.1. The van der Waals surface area contributed by atoms with Gasteiger partial charge in [-0.05, 0) is 75.3 Å². The van der Waals surface area contributed by atoms with E-state index in [-0.39, 0.29) is 0 Å². The van der Waals surface area contributed by atoms with Crippen LogP contribution in [0.25, 0.3) is 141 Å². The standard InChI is InChI=1S/C58H32N4S/c1-2-16-35(17-3-1)61-45-26-10-8-22-42(45)51-47(61)32-48-54-52(51)40-21-7-6-19-37(40)39-23-12-15-34-29-31-46(53(54)50(34)39)62(48)58-56(60-55-36-18-5-4-14-33(36)28-30-44(55)59-58)43-25-13-24-41-38-20-9-11-27-49(38)63-57(41)43/h1-32H. The Kier molecular flexibility index (Phi) is 6.53. The van der Waals surface area contributed by atoms with Gasteiger partial charge in [-0.1, -0.05) is 152 Å². The fourth-order valence-corrected chi connectivity index (χ4v) is 12.3. The number of para-hydroxylation sites is 2. The van der Waals surface area contributed by atoms with E-state index in [0.717, 1.165) is 61.1 Å². The van der Waals surface area contributed by atoms with E-state index in [9.17, 15) is 0 Å². The van der Waals surface area contributed by atoms with E-state index in [1.54, 1.807) is 0 Å². The molecule has 1 aliphatic carbocycles. The van der Waals surface area contributed by atoms with Crippen molar-refractivity contribution in [3.63, 3.8) is 0 Å². The molecular formula is C58H32N4S. The van der Waals surface area contributed by atoms with E-state index >= 15 is 0 Å². The Balaban J connectivity index is 1.20. The normalized spacial score (nSPS) is 12.4. The molecule has 4 aromatic heterocycles. The second kappa shape index (κ2) is 12.3. The molecule has 4 heterocycles. The molecule has 0 bridgehead atoms. The molecule has 0 spiro atoms. The van der Waals surface area contributed by atoms with Crippen molar-refractivity contribution in [3.8, 4) is 45.0 Å². The van der Waals surface area contributed by atoms with Crippen molar-refractivity contribution in [3.05, 3.63) is 194 Å². The summed E-state index contributed by atoms with van der Waals surface area (Å²) < 4.78 is 7.38. The van der Waals surface area contributed by atoms with Gasteiger partial charge in [-0.15, -0.1) is 11.3 Å². The lowest BCUT2D eigenvalue weighted by Crippen LogP contribution is -2.04. The van der Waals surface area contributed by atoms with Crippen molar-refractivity contribution >= 4 is 108 Å². The van der Waals surface area contributed by atoms with Gasteiger partial charge < -0.3 is 4.57 Å². The van der Waals surface area contributed by atoms with E-state index in [4.69, 9.17) is 9.97 Å². The quantitative estimate of drug-likeness (QED) is 0.167. The summed E-state index contributed by atoms with van der Waals surface area (Å²) in [5.41, 5.74) is 14.4. The molecule has 0 fully saturated rings. The van der Waals surface area contributed by atoms with Crippen LogP contribution in [0.4, 0.5) is 0 Å². The van der Waals surface area contributed by atoms with Crippen LogP contribution in [-0.2, 0) is 0 Å². The molecule has 290 valence electrons. The molecule has 10 aromatic carbocycles. The van der Waals surface area contributed by atoms with Crippen LogP contribution in [0, 0.1) is 0 Å². The zero-order chi connectivity index (χ0) is 40.9. The monoisotopic (exact) mass is 816 g/mol. The molecule has 5 heteroatoms. The molecule has 0 saturated carbocycles. The summed E-state index contributed by atoms with van der Waals surface area (Å²) in [6.45, 7) is 0. The molecule has 4 nitrogen and oxygen atoms in total. The molecule has 0 amide bonds. The van der Waals surface area contributed by atoms with Crippen LogP contribution in [0.2, 0.25) is 0 Å². The number of thiophene rings is 1. The van der Waals surface area contributed by atoms with Crippen LogP contribution in [0.5, 0.6) is 0 Å². The fourth-order valence-electron chi connectivity index (χ4n) is 11.0. The van der Waals surface area contributed by atoms with E-state index in [1.165, 1.54) is 80.3 Å². The lowest BCUT2D eigenvalue weighted by atomic mass is 9.91. The van der Waals surface area contributed by atoms with E-state index in [1.807, 2.05) is 11.3 Å². The molecule has 63 heavy (non-hydrogen) atoms. The number of aromatic nitrogens is 4. The smallest absolute Gasteiger partial charge is 0.165 e. The number of rotatable bonds is 3. The minimum absolute atomic E-state index is 0.820. The van der Waals surface area contributed by atoms with Crippen LogP contribution in [-0.4, -0.2) is 19.1 Å². The maximum Gasteiger partial charge on any atom is 0.165 e. The van der Waals surface area contributed by atoms with Crippen LogP contribution in [0.3, 0.4) is 0 Å². The van der Waals surface area contributed by atoms with Gasteiger partial charge in [-0.3, -0.25) is 4.57 Å². The van der Waals surface area contributed by atoms with Crippen molar-refractivity contribution in [2.45, 2.75) is 0 Å². The minimum atomic E-state index is 0.820. The molecule has 15 rings (SSSR count). The molecule has 0 atom stereocenters. The zero-order valence-corrected chi connectivity index (χ0v) is 34.5. The van der Waals surface area contributed by atoms with Crippen LogP contribution in [0.1, 0.15) is 0 Å². The Hall–Kier alpha value is -8.12. The largest absolute Gasteiger partial charge is 0.309 e. The highest BCUT2D eigenvalue weighted by Crippen LogP contribution is 2.54. The van der Waals surface area contributed by atoms with Gasteiger partial charge in [0.25, 0.3) is 0 Å². The first-order valence-corrected chi connectivity index (χ1v) is 22.3. The number of fused-ring (bicyclic) bond motifs is 13. The molecule has 0 unspecified atom stereocenters. The fraction of sp³-hybridized carbons (Fsp3) is 0. The summed E-state index contributed by atoms with van der Waals surface area (Å²) in [4.78, 5) is 11.6. The lowest BCUT2D eigenvalue weighted by molar-refractivity contribution is 1.08. The topological polar surface area (TPSA) is 35.6 Å². The molecule has 0 N–H and O–H groups in total. The first-order chi connectivity index (χ1) is 31.3. The van der Waals surface area contributed by atoms with Gasteiger partial charge in [0.05, 0.1) is 33.1 Å². The second-order valence-electron chi connectivity index (χ2n) is 16.8. The van der Waals surface area contributed by atoms with Crippen molar-refractivity contribution < 1.29 is 0 Å². The Morgan fingerprint density at radius 1 is 0.381 bits per heavy atom. The molecule has 0 aliphatic heterocycles. The highest BCUT2D eigenvalue weighted by molar-refractivity contribution is 7.26. The lowest BCUT2D eigenvalue weighted by Gasteiger charge is -2.17. The molecular weight excluding hydrogens is 785 g/mol. The molecule has 14 aromatic rings. The number of nitrogens with zero attached hydrogens (tertiary/aromatic N) is 4. The summed E-state index contributed by atoms with van der Waals surface area (Å²) >= 11 is 1.84.